The van der Waals surface area contributed by atoms with E-state index >= 15 is 0 Å². The summed E-state index contributed by atoms with van der Waals surface area (Å²) < 4.78 is 1.99. The number of fused-ring (bicyclic) bond motifs is 1. The van der Waals surface area contributed by atoms with Gasteiger partial charge in [0.05, 0.1) is 11.4 Å². The van der Waals surface area contributed by atoms with E-state index in [4.69, 9.17) is 4.98 Å². The Balaban J connectivity index is 1.67. The molecule has 0 radical (unpaired) electrons. The number of hydrogen-bond donors (Lipinski definition) is 1. The number of imidazole rings is 1. The molecule has 0 unspecified atom stereocenters. The summed E-state index contributed by atoms with van der Waals surface area (Å²) in [5.74, 6) is 0.332. The van der Waals surface area contributed by atoms with Crippen molar-refractivity contribution in [3.63, 3.8) is 0 Å². The largest absolute Gasteiger partial charge is 0.323 e. The van der Waals surface area contributed by atoms with Gasteiger partial charge in [-0.1, -0.05) is 68.4 Å². The molecule has 0 fully saturated rings. The molecule has 0 spiro atoms. The molecule has 146 valence electrons. The van der Waals surface area contributed by atoms with Gasteiger partial charge in [0, 0.05) is 24.4 Å². The van der Waals surface area contributed by atoms with Gasteiger partial charge in [-0.3, -0.25) is 4.79 Å². The highest BCUT2D eigenvalue weighted by atomic mass is 16.1. The van der Waals surface area contributed by atoms with Gasteiger partial charge in [0.1, 0.15) is 0 Å². The second-order valence-corrected chi connectivity index (χ2v) is 7.88. The molecule has 4 heteroatoms. The van der Waals surface area contributed by atoms with Gasteiger partial charge in [0.2, 0.25) is 5.91 Å². The van der Waals surface area contributed by atoms with Crippen LogP contribution in [-0.2, 0) is 4.79 Å². The Hall–Kier alpha value is -3.40. The molecule has 0 saturated carbocycles. The molecule has 4 nitrogen and oxygen atoms in total. The molecule has 4 aromatic rings. The Labute approximate surface area is 171 Å². The quantitative estimate of drug-likeness (QED) is 0.462. The van der Waals surface area contributed by atoms with E-state index in [0.29, 0.717) is 12.3 Å². The maximum Gasteiger partial charge on any atom is 0.224 e. The molecular formula is C25H25N3O. The Morgan fingerprint density at radius 1 is 0.966 bits per heavy atom. The number of carbonyl (C=O) groups is 1. The molecule has 0 atom stereocenters. The molecular weight excluding hydrogens is 358 g/mol. The minimum absolute atomic E-state index is 0.0178. The SMILES string of the molecule is Cc1cc(NC(=O)CC(C)C)c2nc(-c3ccc(-c4ccccc4)cc3)cn2c1. The molecule has 0 bridgehead atoms. The van der Waals surface area contributed by atoms with Crippen LogP contribution < -0.4 is 5.32 Å². The molecule has 0 aliphatic rings. The highest BCUT2D eigenvalue weighted by molar-refractivity contribution is 5.94. The van der Waals surface area contributed by atoms with Crippen LogP contribution in [0, 0.1) is 12.8 Å². The summed E-state index contributed by atoms with van der Waals surface area (Å²) in [4.78, 5) is 17.1. The minimum atomic E-state index is 0.0178. The molecule has 1 amide bonds. The maximum atomic E-state index is 12.3. The topological polar surface area (TPSA) is 46.4 Å². The van der Waals surface area contributed by atoms with Crippen LogP contribution in [-0.4, -0.2) is 15.3 Å². The molecule has 29 heavy (non-hydrogen) atoms. The third-order valence-electron chi connectivity index (χ3n) is 4.84. The minimum Gasteiger partial charge on any atom is -0.323 e. The summed E-state index contributed by atoms with van der Waals surface area (Å²) in [5, 5.41) is 3.03. The molecule has 1 N–H and O–H groups in total. The third-order valence-corrected chi connectivity index (χ3v) is 4.84. The fraction of sp³-hybridized carbons (Fsp3) is 0.200. The Morgan fingerprint density at radius 2 is 1.62 bits per heavy atom. The Kier molecular flexibility index (Phi) is 5.17. The first-order valence-electron chi connectivity index (χ1n) is 9.94. The average molecular weight is 383 g/mol. The van der Waals surface area contributed by atoms with E-state index in [0.717, 1.165) is 28.2 Å². The molecule has 2 aromatic heterocycles. The van der Waals surface area contributed by atoms with Crippen LogP contribution in [0.3, 0.4) is 0 Å². The first-order chi connectivity index (χ1) is 14.0. The normalized spacial score (nSPS) is 11.2. The van der Waals surface area contributed by atoms with Crippen LogP contribution >= 0.6 is 0 Å². The van der Waals surface area contributed by atoms with Crippen LogP contribution in [0.1, 0.15) is 25.8 Å². The van der Waals surface area contributed by atoms with Crippen molar-refractivity contribution in [3.05, 3.63) is 78.6 Å². The molecule has 0 aliphatic carbocycles. The van der Waals surface area contributed by atoms with E-state index < -0.39 is 0 Å². The molecule has 2 heterocycles. The van der Waals surface area contributed by atoms with E-state index in [9.17, 15) is 4.79 Å². The Bertz CT molecular complexity index is 1140. The van der Waals surface area contributed by atoms with E-state index in [2.05, 4.69) is 41.7 Å². The zero-order valence-electron chi connectivity index (χ0n) is 17.0. The van der Waals surface area contributed by atoms with Crippen molar-refractivity contribution in [1.29, 1.82) is 0 Å². The van der Waals surface area contributed by atoms with Crippen molar-refractivity contribution in [2.75, 3.05) is 5.32 Å². The van der Waals surface area contributed by atoms with Crippen LogP contribution in [0.4, 0.5) is 5.69 Å². The summed E-state index contributed by atoms with van der Waals surface area (Å²) in [6.07, 6.45) is 4.54. The lowest BCUT2D eigenvalue weighted by Crippen LogP contribution is -2.14. The summed E-state index contributed by atoms with van der Waals surface area (Å²) in [7, 11) is 0. The van der Waals surface area contributed by atoms with Gasteiger partial charge in [-0.15, -0.1) is 0 Å². The maximum absolute atomic E-state index is 12.3. The number of aryl methyl sites for hydroxylation is 1. The van der Waals surface area contributed by atoms with Gasteiger partial charge >= 0.3 is 0 Å². The predicted octanol–water partition coefficient (Wildman–Crippen LogP) is 5.96. The molecule has 0 aliphatic heterocycles. The van der Waals surface area contributed by atoms with Crippen molar-refractivity contribution in [2.45, 2.75) is 27.2 Å². The van der Waals surface area contributed by atoms with Crippen molar-refractivity contribution >= 4 is 17.2 Å². The smallest absolute Gasteiger partial charge is 0.224 e. The van der Waals surface area contributed by atoms with Gasteiger partial charge in [-0.05, 0) is 35.6 Å². The fourth-order valence-electron chi connectivity index (χ4n) is 3.51. The summed E-state index contributed by atoms with van der Waals surface area (Å²) in [6, 6.07) is 20.7. The average Bonchev–Trinajstić information content (AvgIpc) is 3.12. The van der Waals surface area contributed by atoms with Gasteiger partial charge in [0.25, 0.3) is 0 Å². The van der Waals surface area contributed by atoms with Crippen LogP contribution in [0.2, 0.25) is 0 Å². The number of nitrogens with zero attached hydrogens (tertiary/aromatic N) is 2. The second-order valence-electron chi connectivity index (χ2n) is 7.88. The monoisotopic (exact) mass is 383 g/mol. The fourth-order valence-corrected chi connectivity index (χ4v) is 3.51. The van der Waals surface area contributed by atoms with Crippen molar-refractivity contribution in [1.82, 2.24) is 9.38 Å². The first kappa shape index (κ1) is 18.9. The summed E-state index contributed by atoms with van der Waals surface area (Å²) in [5.41, 5.74) is 6.88. The zero-order chi connectivity index (χ0) is 20.4. The molecule has 2 aromatic carbocycles. The zero-order valence-corrected chi connectivity index (χ0v) is 17.0. The van der Waals surface area contributed by atoms with E-state index in [1.54, 1.807) is 0 Å². The number of carbonyl (C=O) groups excluding carboxylic acids is 1. The predicted molar refractivity (Wildman–Crippen MR) is 119 cm³/mol. The molecule has 4 rings (SSSR count). The number of rotatable bonds is 5. The number of pyridine rings is 1. The van der Waals surface area contributed by atoms with Gasteiger partial charge in [-0.2, -0.15) is 0 Å². The van der Waals surface area contributed by atoms with Gasteiger partial charge in [-0.25, -0.2) is 4.98 Å². The van der Waals surface area contributed by atoms with Crippen LogP contribution in [0.5, 0.6) is 0 Å². The van der Waals surface area contributed by atoms with Crippen molar-refractivity contribution < 1.29 is 4.79 Å². The number of nitrogens with one attached hydrogen (secondary N) is 1. The summed E-state index contributed by atoms with van der Waals surface area (Å²) >= 11 is 0. The van der Waals surface area contributed by atoms with Gasteiger partial charge < -0.3 is 9.72 Å². The summed E-state index contributed by atoms with van der Waals surface area (Å²) in [6.45, 7) is 6.10. The number of amides is 1. The highest BCUT2D eigenvalue weighted by Crippen LogP contribution is 2.27. The Morgan fingerprint density at radius 3 is 2.31 bits per heavy atom. The highest BCUT2D eigenvalue weighted by Gasteiger charge is 2.13. The van der Waals surface area contributed by atoms with Gasteiger partial charge in [0.15, 0.2) is 5.65 Å². The second kappa shape index (κ2) is 7.92. The van der Waals surface area contributed by atoms with E-state index in [-0.39, 0.29) is 5.91 Å². The van der Waals surface area contributed by atoms with E-state index in [1.165, 1.54) is 11.1 Å². The lowest BCUT2D eigenvalue weighted by Gasteiger charge is -2.09. The number of benzene rings is 2. The first-order valence-corrected chi connectivity index (χ1v) is 9.94. The van der Waals surface area contributed by atoms with E-state index in [1.807, 2.05) is 61.8 Å². The van der Waals surface area contributed by atoms with Crippen LogP contribution in [0.15, 0.2) is 73.1 Å². The number of hydrogen-bond acceptors (Lipinski definition) is 2. The standard InChI is InChI=1S/C25H25N3O/c1-17(2)13-24(29)26-22-14-18(3)15-28-16-23(27-25(22)28)21-11-9-20(10-12-21)19-7-5-4-6-8-19/h4-12,14-17H,13H2,1-3H3,(H,26,29). The molecule has 0 saturated heterocycles. The number of anilines is 1. The van der Waals surface area contributed by atoms with Crippen molar-refractivity contribution in [3.8, 4) is 22.4 Å². The van der Waals surface area contributed by atoms with Crippen molar-refractivity contribution in [2.24, 2.45) is 5.92 Å². The number of aromatic nitrogens is 2. The van der Waals surface area contributed by atoms with Crippen LogP contribution in [0.25, 0.3) is 28.0 Å². The third kappa shape index (κ3) is 4.21. The lowest BCUT2D eigenvalue weighted by molar-refractivity contribution is -0.116. The lowest BCUT2D eigenvalue weighted by atomic mass is 10.0.